The Morgan fingerprint density at radius 2 is 2.25 bits per heavy atom. The van der Waals surface area contributed by atoms with E-state index in [1.54, 1.807) is 24.1 Å². The highest BCUT2D eigenvalue weighted by molar-refractivity contribution is 5.78. The molecule has 4 nitrogen and oxygen atoms in total. The van der Waals surface area contributed by atoms with Gasteiger partial charge in [-0.2, -0.15) is 0 Å². The smallest absolute Gasteiger partial charge is 0.326 e. The second-order valence-electron chi connectivity index (χ2n) is 3.85. The molecule has 1 aromatic rings. The molecule has 0 heterocycles. The first-order valence-corrected chi connectivity index (χ1v) is 5.37. The quantitative estimate of drug-likeness (QED) is 0.747. The van der Waals surface area contributed by atoms with Crippen molar-refractivity contribution >= 4 is 17.3 Å². The van der Waals surface area contributed by atoms with Gasteiger partial charge in [0.05, 0.1) is 0 Å². The van der Waals surface area contributed by atoms with Crippen molar-refractivity contribution in [3.63, 3.8) is 0 Å². The molecule has 1 aromatic carbocycles. The van der Waals surface area contributed by atoms with Crippen LogP contribution in [0.5, 0.6) is 0 Å². The van der Waals surface area contributed by atoms with E-state index in [1.165, 1.54) is 0 Å². The van der Waals surface area contributed by atoms with Gasteiger partial charge in [0, 0.05) is 18.4 Å². The van der Waals surface area contributed by atoms with Gasteiger partial charge in [-0.15, -0.1) is 0 Å². The Bertz CT molecular complexity index is 366. The predicted octanol–water partition coefficient (Wildman–Crippen LogP) is 1.96. The summed E-state index contributed by atoms with van der Waals surface area (Å²) >= 11 is 0. The van der Waals surface area contributed by atoms with Crippen LogP contribution in [0, 0.1) is 0 Å². The third-order valence-electron chi connectivity index (χ3n) is 2.59. The Labute approximate surface area is 95.7 Å². The highest BCUT2D eigenvalue weighted by Crippen LogP contribution is 2.20. The molecule has 0 saturated heterocycles. The molecule has 4 heteroatoms. The first-order valence-electron chi connectivity index (χ1n) is 5.37. The van der Waals surface area contributed by atoms with E-state index >= 15 is 0 Å². The molecule has 1 unspecified atom stereocenters. The lowest BCUT2D eigenvalue weighted by atomic mass is 10.1. The van der Waals surface area contributed by atoms with E-state index in [0.717, 1.165) is 12.1 Å². The molecule has 3 N–H and O–H groups in total. The number of nitrogens with two attached hydrogens (primary N) is 1. The Kier molecular flexibility index (Phi) is 4.17. The topological polar surface area (TPSA) is 66.6 Å². The number of aliphatic carboxylic acids is 1. The van der Waals surface area contributed by atoms with Gasteiger partial charge in [0.15, 0.2) is 0 Å². The van der Waals surface area contributed by atoms with E-state index in [1.807, 2.05) is 19.1 Å². The van der Waals surface area contributed by atoms with Crippen LogP contribution in [-0.2, 0) is 4.79 Å². The molecule has 0 radical (unpaired) electrons. The molecule has 1 atom stereocenters. The predicted molar refractivity (Wildman–Crippen MR) is 65.6 cm³/mol. The summed E-state index contributed by atoms with van der Waals surface area (Å²) in [5, 5.41) is 9.13. The number of benzene rings is 1. The number of nitrogens with zero attached hydrogens (tertiary/aromatic N) is 1. The summed E-state index contributed by atoms with van der Waals surface area (Å²) in [6.45, 7) is 1.98. The summed E-state index contributed by atoms with van der Waals surface area (Å²) in [7, 11) is 1.78. The average Bonchev–Trinajstić information content (AvgIpc) is 2.24. The Morgan fingerprint density at radius 3 is 2.75 bits per heavy atom. The van der Waals surface area contributed by atoms with E-state index in [2.05, 4.69) is 0 Å². The van der Waals surface area contributed by atoms with Crippen molar-refractivity contribution < 1.29 is 9.90 Å². The third-order valence-corrected chi connectivity index (χ3v) is 2.59. The summed E-state index contributed by atoms with van der Waals surface area (Å²) < 4.78 is 0. The molecule has 88 valence electrons. The molecule has 0 fully saturated rings. The van der Waals surface area contributed by atoms with Crippen LogP contribution in [0.15, 0.2) is 24.3 Å². The molecule has 0 aliphatic carbocycles. The van der Waals surface area contributed by atoms with E-state index in [4.69, 9.17) is 10.8 Å². The first-order chi connectivity index (χ1) is 7.56. The molecule has 0 saturated carbocycles. The van der Waals surface area contributed by atoms with E-state index in [-0.39, 0.29) is 0 Å². The lowest BCUT2D eigenvalue weighted by molar-refractivity contribution is -0.138. The van der Waals surface area contributed by atoms with E-state index < -0.39 is 12.0 Å². The summed E-state index contributed by atoms with van der Waals surface area (Å²) in [4.78, 5) is 12.9. The molecule has 1 rings (SSSR count). The number of likely N-dealkylation sites (N-methyl/N-ethyl adjacent to an activating group) is 1. The summed E-state index contributed by atoms with van der Waals surface area (Å²) in [6.07, 6.45) is 1.46. The second-order valence-corrected chi connectivity index (χ2v) is 3.85. The molecular weight excluding hydrogens is 204 g/mol. The highest BCUT2D eigenvalue weighted by atomic mass is 16.4. The summed E-state index contributed by atoms with van der Waals surface area (Å²) in [5.74, 6) is -0.799. The fourth-order valence-electron chi connectivity index (χ4n) is 1.68. The van der Waals surface area contributed by atoms with Gasteiger partial charge >= 0.3 is 5.97 Å². The third kappa shape index (κ3) is 2.89. The number of hydrogen-bond acceptors (Lipinski definition) is 3. The fraction of sp³-hybridized carbons (Fsp3) is 0.417. The van der Waals surface area contributed by atoms with Crippen molar-refractivity contribution in [1.29, 1.82) is 0 Å². The standard InChI is InChI=1S/C12H18N2O2/c1-3-5-11(12(15)16)14(2)10-7-4-6-9(13)8-10/h4,6-8,11H,3,5,13H2,1-2H3,(H,15,16). The fourth-order valence-corrected chi connectivity index (χ4v) is 1.68. The van der Waals surface area contributed by atoms with Gasteiger partial charge < -0.3 is 15.7 Å². The van der Waals surface area contributed by atoms with Gasteiger partial charge in [0.2, 0.25) is 0 Å². The van der Waals surface area contributed by atoms with Crippen LogP contribution in [0.3, 0.4) is 0 Å². The van der Waals surface area contributed by atoms with Crippen LogP contribution in [0.2, 0.25) is 0 Å². The van der Waals surface area contributed by atoms with Crippen molar-refractivity contribution in [3.8, 4) is 0 Å². The van der Waals surface area contributed by atoms with Gasteiger partial charge in [-0.1, -0.05) is 19.4 Å². The Hall–Kier alpha value is -1.71. The Balaban J connectivity index is 2.89. The lowest BCUT2D eigenvalue weighted by Crippen LogP contribution is -2.38. The maximum absolute atomic E-state index is 11.1. The largest absolute Gasteiger partial charge is 0.480 e. The number of carbonyl (C=O) groups is 1. The van der Waals surface area contributed by atoms with Crippen LogP contribution in [0.25, 0.3) is 0 Å². The molecular formula is C12H18N2O2. The Morgan fingerprint density at radius 1 is 1.56 bits per heavy atom. The highest BCUT2D eigenvalue weighted by Gasteiger charge is 2.21. The van der Waals surface area contributed by atoms with E-state index in [9.17, 15) is 4.79 Å². The number of nitrogen functional groups attached to an aromatic ring is 1. The van der Waals surface area contributed by atoms with Crippen LogP contribution in [0.4, 0.5) is 11.4 Å². The van der Waals surface area contributed by atoms with Crippen molar-refractivity contribution in [2.24, 2.45) is 0 Å². The molecule has 0 bridgehead atoms. The number of rotatable bonds is 5. The van der Waals surface area contributed by atoms with Crippen LogP contribution in [-0.4, -0.2) is 24.2 Å². The SMILES string of the molecule is CCCC(C(=O)O)N(C)c1cccc(N)c1. The maximum Gasteiger partial charge on any atom is 0.326 e. The zero-order chi connectivity index (χ0) is 12.1. The van der Waals surface area contributed by atoms with Crippen LogP contribution in [0.1, 0.15) is 19.8 Å². The maximum atomic E-state index is 11.1. The van der Waals surface area contributed by atoms with Gasteiger partial charge in [-0.25, -0.2) is 4.79 Å². The molecule has 16 heavy (non-hydrogen) atoms. The van der Waals surface area contributed by atoms with Crippen molar-refractivity contribution in [3.05, 3.63) is 24.3 Å². The van der Waals surface area contributed by atoms with Crippen LogP contribution < -0.4 is 10.6 Å². The minimum atomic E-state index is -0.799. The minimum Gasteiger partial charge on any atom is -0.480 e. The second kappa shape index (κ2) is 5.39. The van der Waals surface area contributed by atoms with Crippen molar-refractivity contribution in [1.82, 2.24) is 0 Å². The lowest BCUT2D eigenvalue weighted by Gasteiger charge is -2.26. The van der Waals surface area contributed by atoms with Gasteiger partial charge in [-0.05, 0) is 24.6 Å². The number of carboxylic acid groups (broad SMARTS) is 1. The van der Waals surface area contributed by atoms with Crippen LogP contribution >= 0.6 is 0 Å². The average molecular weight is 222 g/mol. The summed E-state index contributed by atoms with van der Waals surface area (Å²) in [6, 6.07) is 6.76. The molecule has 0 aromatic heterocycles. The monoisotopic (exact) mass is 222 g/mol. The minimum absolute atomic E-state index is 0.494. The first kappa shape index (κ1) is 12.4. The zero-order valence-electron chi connectivity index (χ0n) is 9.68. The van der Waals surface area contributed by atoms with E-state index in [0.29, 0.717) is 12.1 Å². The molecule has 0 aliphatic heterocycles. The van der Waals surface area contributed by atoms with Gasteiger partial charge in [-0.3, -0.25) is 0 Å². The van der Waals surface area contributed by atoms with Gasteiger partial charge in [0.1, 0.15) is 6.04 Å². The van der Waals surface area contributed by atoms with Gasteiger partial charge in [0.25, 0.3) is 0 Å². The molecule has 0 spiro atoms. The zero-order valence-corrected chi connectivity index (χ0v) is 9.68. The molecule has 0 amide bonds. The normalized spacial score (nSPS) is 12.1. The van der Waals surface area contributed by atoms with Crippen molar-refractivity contribution in [2.45, 2.75) is 25.8 Å². The van der Waals surface area contributed by atoms with Crippen molar-refractivity contribution in [2.75, 3.05) is 17.7 Å². The summed E-state index contributed by atoms with van der Waals surface area (Å²) in [5.41, 5.74) is 7.15. The number of hydrogen-bond donors (Lipinski definition) is 2. The number of carboxylic acids is 1. The number of anilines is 2. The molecule has 0 aliphatic rings.